The van der Waals surface area contributed by atoms with Gasteiger partial charge in [0, 0.05) is 6.54 Å². The van der Waals surface area contributed by atoms with E-state index in [-0.39, 0.29) is 10.9 Å². The number of nitrogens with one attached hydrogen (secondary N) is 1. The van der Waals surface area contributed by atoms with Crippen molar-refractivity contribution in [2.75, 3.05) is 24.2 Å². The molecule has 0 radical (unpaired) electrons. The highest BCUT2D eigenvalue weighted by Gasteiger charge is 2.29. The highest BCUT2D eigenvalue weighted by atomic mass is 35.5. The van der Waals surface area contributed by atoms with Crippen LogP contribution >= 0.6 is 11.6 Å². The van der Waals surface area contributed by atoms with Crippen molar-refractivity contribution < 1.29 is 17.9 Å². The van der Waals surface area contributed by atoms with Crippen molar-refractivity contribution in [1.29, 1.82) is 0 Å². The van der Waals surface area contributed by atoms with Gasteiger partial charge in [-0.3, -0.25) is 9.10 Å². The Morgan fingerprint density at radius 3 is 2.46 bits per heavy atom. The van der Waals surface area contributed by atoms with Gasteiger partial charge in [-0.15, -0.1) is 0 Å². The molecule has 0 heterocycles. The molecule has 1 atom stereocenters. The number of rotatable bonds is 9. The first-order valence-corrected chi connectivity index (χ1v) is 11.1. The third kappa shape index (κ3) is 5.87. The van der Waals surface area contributed by atoms with E-state index in [0.29, 0.717) is 18.0 Å². The Labute approximate surface area is 171 Å². The van der Waals surface area contributed by atoms with Crippen LogP contribution in [0.2, 0.25) is 5.02 Å². The Kier molecular flexibility index (Phi) is 7.71. The number of anilines is 1. The Morgan fingerprint density at radius 1 is 1.21 bits per heavy atom. The molecule has 1 N–H and O–H groups in total. The third-order valence-corrected chi connectivity index (χ3v) is 5.80. The zero-order valence-electron chi connectivity index (χ0n) is 16.2. The predicted molar refractivity (Wildman–Crippen MR) is 113 cm³/mol. The van der Waals surface area contributed by atoms with E-state index in [4.69, 9.17) is 16.3 Å². The van der Waals surface area contributed by atoms with Crippen LogP contribution in [0.5, 0.6) is 5.75 Å². The lowest BCUT2D eigenvalue weighted by molar-refractivity contribution is -0.121. The second-order valence-electron chi connectivity index (χ2n) is 6.43. The number of methoxy groups -OCH3 is 1. The summed E-state index contributed by atoms with van der Waals surface area (Å²) >= 11 is 6.12. The highest BCUT2D eigenvalue weighted by molar-refractivity contribution is 7.92. The van der Waals surface area contributed by atoms with Gasteiger partial charge in [0.1, 0.15) is 11.8 Å². The fourth-order valence-electron chi connectivity index (χ4n) is 2.90. The number of aryl methyl sites for hydroxylation is 1. The number of amides is 1. The van der Waals surface area contributed by atoms with Crippen molar-refractivity contribution in [3.63, 3.8) is 0 Å². The second kappa shape index (κ2) is 9.80. The van der Waals surface area contributed by atoms with Crippen LogP contribution in [0.15, 0.2) is 48.5 Å². The quantitative estimate of drug-likeness (QED) is 0.627. The number of carbonyl (C=O) groups is 1. The molecule has 0 spiro atoms. The molecule has 2 aromatic rings. The lowest BCUT2D eigenvalue weighted by Gasteiger charge is -2.28. The maximum Gasteiger partial charge on any atom is 0.243 e. The summed E-state index contributed by atoms with van der Waals surface area (Å²) < 4.78 is 30.8. The molecule has 6 nitrogen and oxygen atoms in total. The van der Waals surface area contributed by atoms with Crippen LogP contribution in [0.3, 0.4) is 0 Å². The van der Waals surface area contributed by atoms with Crippen LogP contribution in [-0.4, -0.2) is 40.3 Å². The van der Waals surface area contributed by atoms with Gasteiger partial charge < -0.3 is 10.1 Å². The molecule has 2 rings (SSSR count). The predicted octanol–water partition coefficient (Wildman–Crippen LogP) is 3.25. The van der Waals surface area contributed by atoms with Gasteiger partial charge in [-0.1, -0.05) is 41.9 Å². The summed E-state index contributed by atoms with van der Waals surface area (Å²) in [6.07, 6.45) is 2.65. The van der Waals surface area contributed by atoms with Crippen molar-refractivity contribution in [3.8, 4) is 5.75 Å². The Morgan fingerprint density at radius 2 is 1.89 bits per heavy atom. The van der Waals surface area contributed by atoms with Gasteiger partial charge in [-0.25, -0.2) is 8.42 Å². The maximum absolute atomic E-state index is 12.5. The Hall–Kier alpha value is -2.25. The monoisotopic (exact) mass is 424 g/mol. The van der Waals surface area contributed by atoms with E-state index in [1.807, 2.05) is 30.3 Å². The molecule has 0 aliphatic rings. The van der Waals surface area contributed by atoms with Crippen LogP contribution in [0.4, 0.5) is 5.69 Å². The minimum Gasteiger partial charge on any atom is -0.495 e. The van der Waals surface area contributed by atoms with E-state index in [1.165, 1.54) is 18.7 Å². The van der Waals surface area contributed by atoms with Crippen LogP contribution in [0, 0.1) is 0 Å². The van der Waals surface area contributed by atoms with Crippen LogP contribution < -0.4 is 14.4 Å². The van der Waals surface area contributed by atoms with Gasteiger partial charge in [0.2, 0.25) is 15.9 Å². The molecule has 0 aromatic heterocycles. The molecule has 8 heteroatoms. The Balaban J connectivity index is 2.05. The normalized spacial score (nSPS) is 12.3. The molecular weight excluding hydrogens is 400 g/mol. The van der Waals surface area contributed by atoms with E-state index < -0.39 is 16.1 Å². The molecule has 0 bridgehead atoms. The smallest absolute Gasteiger partial charge is 0.243 e. The first-order valence-electron chi connectivity index (χ1n) is 8.88. The molecule has 152 valence electrons. The maximum atomic E-state index is 12.5. The summed E-state index contributed by atoms with van der Waals surface area (Å²) in [6.45, 7) is 2.00. The molecule has 0 aliphatic heterocycles. The molecule has 1 amide bonds. The number of nitrogens with zero attached hydrogens (tertiary/aromatic N) is 1. The van der Waals surface area contributed by atoms with Crippen molar-refractivity contribution in [2.45, 2.75) is 25.8 Å². The van der Waals surface area contributed by atoms with E-state index >= 15 is 0 Å². The standard InChI is InChI=1S/C20H25ClN2O4S/c1-15(20(24)22-13-7-10-16-8-5-4-6-9-16)23(28(3,25)26)17-11-12-19(27-2)18(21)14-17/h4-6,8-9,11-12,14-15H,7,10,13H2,1-3H3,(H,22,24). The highest BCUT2D eigenvalue weighted by Crippen LogP contribution is 2.31. The van der Waals surface area contributed by atoms with Gasteiger partial charge in [0.25, 0.3) is 0 Å². The van der Waals surface area contributed by atoms with Gasteiger partial charge in [-0.2, -0.15) is 0 Å². The first kappa shape index (κ1) is 22.0. The average Bonchev–Trinajstić information content (AvgIpc) is 2.65. The largest absolute Gasteiger partial charge is 0.495 e. The van der Waals surface area contributed by atoms with Crippen molar-refractivity contribution in [2.24, 2.45) is 0 Å². The summed E-state index contributed by atoms with van der Waals surface area (Å²) in [4.78, 5) is 12.5. The van der Waals surface area contributed by atoms with Crippen molar-refractivity contribution >= 4 is 33.2 Å². The van der Waals surface area contributed by atoms with Gasteiger partial charge in [-0.05, 0) is 43.5 Å². The number of sulfonamides is 1. The SMILES string of the molecule is COc1ccc(N(C(C)C(=O)NCCCc2ccccc2)S(C)(=O)=O)cc1Cl. The van der Waals surface area contributed by atoms with Crippen molar-refractivity contribution in [1.82, 2.24) is 5.32 Å². The zero-order chi connectivity index (χ0) is 20.7. The molecule has 0 aliphatic carbocycles. The minimum atomic E-state index is -3.70. The number of hydrogen-bond acceptors (Lipinski definition) is 4. The molecule has 1 unspecified atom stereocenters. The Bertz CT molecular complexity index is 904. The number of halogens is 1. The summed E-state index contributed by atoms with van der Waals surface area (Å²) in [6, 6.07) is 13.6. The average molecular weight is 425 g/mol. The number of benzene rings is 2. The first-order chi connectivity index (χ1) is 13.2. The molecule has 28 heavy (non-hydrogen) atoms. The van der Waals surface area contributed by atoms with Crippen LogP contribution in [0.25, 0.3) is 0 Å². The van der Waals surface area contributed by atoms with Crippen molar-refractivity contribution in [3.05, 3.63) is 59.1 Å². The number of ether oxygens (including phenoxy) is 1. The summed E-state index contributed by atoms with van der Waals surface area (Å²) in [5.41, 5.74) is 1.50. The van der Waals surface area contributed by atoms with Gasteiger partial charge in [0.15, 0.2) is 0 Å². The molecule has 0 fully saturated rings. The summed E-state index contributed by atoms with van der Waals surface area (Å²) in [7, 11) is -2.23. The van der Waals surface area contributed by atoms with E-state index in [0.717, 1.165) is 23.4 Å². The lowest BCUT2D eigenvalue weighted by atomic mass is 10.1. The fraction of sp³-hybridized carbons (Fsp3) is 0.350. The molecule has 0 saturated heterocycles. The topological polar surface area (TPSA) is 75.7 Å². The van der Waals surface area contributed by atoms with Gasteiger partial charge in [0.05, 0.1) is 24.1 Å². The summed E-state index contributed by atoms with van der Waals surface area (Å²) in [5.74, 6) is 0.0577. The van der Waals surface area contributed by atoms with Crippen LogP contribution in [0.1, 0.15) is 18.9 Å². The minimum absolute atomic E-state index is 0.268. The van der Waals surface area contributed by atoms with E-state index in [1.54, 1.807) is 19.1 Å². The van der Waals surface area contributed by atoms with E-state index in [9.17, 15) is 13.2 Å². The number of carbonyl (C=O) groups excluding carboxylic acids is 1. The van der Waals surface area contributed by atoms with E-state index in [2.05, 4.69) is 5.32 Å². The van der Waals surface area contributed by atoms with Gasteiger partial charge >= 0.3 is 0 Å². The zero-order valence-corrected chi connectivity index (χ0v) is 17.8. The molecule has 0 saturated carbocycles. The third-order valence-electron chi connectivity index (χ3n) is 4.26. The molecule has 2 aromatic carbocycles. The molecular formula is C20H25ClN2O4S. The second-order valence-corrected chi connectivity index (χ2v) is 8.70. The van der Waals surface area contributed by atoms with Crippen LogP contribution in [-0.2, 0) is 21.2 Å². The fourth-order valence-corrected chi connectivity index (χ4v) is 4.32. The summed E-state index contributed by atoms with van der Waals surface area (Å²) in [5, 5.41) is 3.08. The lowest BCUT2D eigenvalue weighted by Crippen LogP contribution is -2.48. The number of hydrogen-bond donors (Lipinski definition) is 1.